The summed E-state index contributed by atoms with van der Waals surface area (Å²) < 4.78 is 69.0. The van der Waals surface area contributed by atoms with Crippen molar-refractivity contribution >= 4 is 46.9 Å². The van der Waals surface area contributed by atoms with Crippen molar-refractivity contribution in [2.45, 2.75) is 17.1 Å². The first-order valence-corrected chi connectivity index (χ1v) is 13.5. The number of nitrogens with one attached hydrogen (secondary N) is 3. The van der Waals surface area contributed by atoms with Crippen LogP contribution in [0.1, 0.15) is 22.8 Å². The third kappa shape index (κ3) is 7.86. The minimum atomic E-state index is -1.73. The Morgan fingerprint density at radius 1 is 0.744 bits per heavy atom. The number of thioether (sulfide) groups is 1. The van der Waals surface area contributed by atoms with E-state index in [1.165, 1.54) is 55.5 Å². The monoisotopic (exact) mass is 611 g/mol. The molecule has 0 fully saturated rings. The molecule has 220 valence electrons. The van der Waals surface area contributed by atoms with E-state index in [2.05, 4.69) is 10.6 Å². The van der Waals surface area contributed by atoms with E-state index < -0.39 is 57.7 Å². The third-order valence-corrected chi connectivity index (χ3v) is 7.00. The lowest BCUT2D eigenvalue weighted by atomic mass is 10.1. The summed E-state index contributed by atoms with van der Waals surface area (Å²) in [4.78, 5) is 38.8. The molecule has 4 rings (SSSR count). The van der Waals surface area contributed by atoms with E-state index in [4.69, 9.17) is 0 Å². The van der Waals surface area contributed by atoms with Crippen molar-refractivity contribution < 1.29 is 36.3 Å². The van der Waals surface area contributed by atoms with Crippen LogP contribution in [0.5, 0.6) is 0 Å². The Kier molecular flexibility index (Phi) is 9.94. The van der Waals surface area contributed by atoms with Gasteiger partial charge in [-0.05, 0) is 55.5 Å². The Morgan fingerprint density at radius 2 is 1.35 bits per heavy atom. The van der Waals surface area contributed by atoms with E-state index in [1.54, 1.807) is 36.4 Å². The lowest BCUT2D eigenvalue weighted by molar-refractivity contribution is -0.115. The summed E-state index contributed by atoms with van der Waals surface area (Å²) >= 11 is 0.967. The summed E-state index contributed by atoms with van der Waals surface area (Å²) in [5.41, 5.74) is -0.815. The second-order valence-electron chi connectivity index (χ2n) is 8.97. The molecule has 0 saturated carbocycles. The highest BCUT2D eigenvalue weighted by Gasteiger charge is 2.24. The molecule has 0 aromatic heterocycles. The lowest BCUT2D eigenvalue weighted by Gasteiger charge is -2.14. The summed E-state index contributed by atoms with van der Waals surface area (Å²) in [6, 6.07) is 19.9. The van der Waals surface area contributed by atoms with Gasteiger partial charge in [-0.1, -0.05) is 36.4 Å². The molecule has 0 aliphatic rings. The van der Waals surface area contributed by atoms with Crippen molar-refractivity contribution in [1.82, 2.24) is 5.32 Å². The van der Waals surface area contributed by atoms with Crippen molar-refractivity contribution in [2.24, 2.45) is 0 Å². The highest BCUT2D eigenvalue weighted by Crippen LogP contribution is 2.28. The van der Waals surface area contributed by atoms with Crippen LogP contribution in [-0.2, 0) is 9.59 Å². The molecule has 0 spiro atoms. The molecule has 12 heteroatoms. The van der Waals surface area contributed by atoms with Crippen LogP contribution < -0.4 is 16.0 Å². The molecule has 0 saturated heterocycles. The van der Waals surface area contributed by atoms with Crippen LogP contribution in [0.15, 0.2) is 95.5 Å². The summed E-state index contributed by atoms with van der Waals surface area (Å²) in [7, 11) is 0. The van der Waals surface area contributed by atoms with Gasteiger partial charge in [-0.3, -0.25) is 14.4 Å². The summed E-state index contributed by atoms with van der Waals surface area (Å²) in [5, 5.41) is 6.04. The molecule has 4 aromatic rings. The normalized spacial score (nSPS) is 11.9. The van der Waals surface area contributed by atoms with Crippen LogP contribution in [-0.4, -0.2) is 23.0 Å². The zero-order valence-corrected chi connectivity index (χ0v) is 23.1. The number of carbonyl (C=O) groups is 3. The molecule has 43 heavy (non-hydrogen) atoms. The van der Waals surface area contributed by atoms with Gasteiger partial charge in [0.2, 0.25) is 5.91 Å². The predicted molar refractivity (Wildman–Crippen MR) is 154 cm³/mol. The van der Waals surface area contributed by atoms with Crippen LogP contribution in [0.4, 0.5) is 33.3 Å². The largest absolute Gasteiger partial charge is 0.321 e. The van der Waals surface area contributed by atoms with E-state index in [0.717, 1.165) is 11.8 Å². The average molecular weight is 612 g/mol. The molecular formula is C31H22F5N3O3S. The number of halogens is 5. The number of anilines is 2. The minimum absolute atomic E-state index is 0.0365. The van der Waals surface area contributed by atoms with Crippen LogP contribution >= 0.6 is 11.8 Å². The highest BCUT2D eigenvalue weighted by molar-refractivity contribution is 8.00. The van der Waals surface area contributed by atoms with E-state index in [9.17, 15) is 36.3 Å². The van der Waals surface area contributed by atoms with Gasteiger partial charge < -0.3 is 16.0 Å². The van der Waals surface area contributed by atoms with Gasteiger partial charge in [-0.25, -0.2) is 22.0 Å². The van der Waals surface area contributed by atoms with Gasteiger partial charge in [0, 0.05) is 27.8 Å². The highest BCUT2D eigenvalue weighted by atomic mass is 32.2. The second-order valence-corrected chi connectivity index (χ2v) is 10.4. The van der Waals surface area contributed by atoms with Crippen LogP contribution in [0.25, 0.3) is 6.08 Å². The molecule has 0 bridgehead atoms. The summed E-state index contributed by atoms with van der Waals surface area (Å²) in [6.45, 7) is 1.41. The third-order valence-electron chi connectivity index (χ3n) is 5.89. The number of benzene rings is 4. The van der Waals surface area contributed by atoms with Crippen molar-refractivity contribution in [3.8, 4) is 0 Å². The SMILES string of the molecule is CC(Sc1ccc(NC(=O)/C(=C/c2ccccc2F)NC(=O)c2ccccc2)cc1)C(=O)Nc1c(F)c(F)cc(F)c1F. The first-order valence-electron chi connectivity index (χ1n) is 12.6. The maximum Gasteiger partial charge on any atom is 0.272 e. The van der Waals surface area contributed by atoms with Gasteiger partial charge in [-0.15, -0.1) is 11.8 Å². The maximum atomic E-state index is 14.3. The van der Waals surface area contributed by atoms with Gasteiger partial charge in [-0.2, -0.15) is 0 Å². The average Bonchev–Trinajstić information content (AvgIpc) is 3.00. The number of amides is 3. The zero-order valence-electron chi connectivity index (χ0n) is 22.3. The molecule has 6 nitrogen and oxygen atoms in total. The fourth-order valence-corrected chi connectivity index (χ4v) is 4.54. The number of hydrogen-bond donors (Lipinski definition) is 3. The van der Waals surface area contributed by atoms with Crippen LogP contribution in [0, 0.1) is 29.1 Å². The van der Waals surface area contributed by atoms with E-state index in [0.29, 0.717) is 10.6 Å². The minimum Gasteiger partial charge on any atom is -0.321 e. The van der Waals surface area contributed by atoms with Gasteiger partial charge in [0.05, 0.1) is 5.25 Å². The van der Waals surface area contributed by atoms with Gasteiger partial charge >= 0.3 is 0 Å². The molecule has 0 radical (unpaired) electrons. The Balaban J connectivity index is 1.45. The molecule has 0 aliphatic carbocycles. The number of hydrogen-bond acceptors (Lipinski definition) is 4. The molecule has 1 atom stereocenters. The van der Waals surface area contributed by atoms with E-state index in [-0.39, 0.29) is 22.9 Å². The Labute approximate surface area is 247 Å². The topological polar surface area (TPSA) is 87.3 Å². The summed E-state index contributed by atoms with van der Waals surface area (Å²) in [5.74, 6) is -9.61. The number of carbonyl (C=O) groups excluding carboxylic acids is 3. The Morgan fingerprint density at radius 3 is 1.98 bits per heavy atom. The van der Waals surface area contributed by atoms with Crippen LogP contribution in [0.2, 0.25) is 0 Å². The second kappa shape index (κ2) is 13.8. The van der Waals surface area contributed by atoms with E-state index in [1.807, 2.05) is 5.32 Å². The molecule has 4 aromatic carbocycles. The van der Waals surface area contributed by atoms with Crippen molar-refractivity contribution in [1.29, 1.82) is 0 Å². The Hall–Kier alpha value is -4.97. The molecule has 0 aliphatic heterocycles. The number of rotatable bonds is 9. The quantitative estimate of drug-likeness (QED) is 0.0831. The summed E-state index contributed by atoms with van der Waals surface area (Å²) in [6.07, 6.45) is 1.20. The van der Waals surface area contributed by atoms with Gasteiger partial charge in [0.15, 0.2) is 23.3 Å². The first kappa shape index (κ1) is 31.0. The molecular weight excluding hydrogens is 589 g/mol. The van der Waals surface area contributed by atoms with Crippen molar-refractivity contribution in [3.63, 3.8) is 0 Å². The zero-order chi connectivity index (χ0) is 31.1. The molecule has 0 heterocycles. The fraction of sp³-hybridized carbons (Fsp3) is 0.0645. The van der Waals surface area contributed by atoms with Gasteiger partial charge in [0.25, 0.3) is 11.8 Å². The lowest BCUT2D eigenvalue weighted by Crippen LogP contribution is -2.30. The molecule has 3 N–H and O–H groups in total. The standard InChI is InChI=1S/C31H22F5N3O3S/c1-17(29(40)39-28-26(35)23(33)16-24(34)27(28)36)43-21-13-11-20(12-14-21)37-31(42)25(15-19-9-5-6-10-22(19)32)38-30(41)18-7-3-2-4-8-18/h2-17H,1H3,(H,37,42)(H,38,41)(H,39,40)/b25-15-. The van der Waals surface area contributed by atoms with Gasteiger partial charge in [0.1, 0.15) is 17.2 Å². The molecule has 1 unspecified atom stereocenters. The van der Waals surface area contributed by atoms with Crippen LogP contribution in [0.3, 0.4) is 0 Å². The smallest absolute Gasteiger partial charge is 0.272 e. The molecule has 3 amide bonds. The Bertz CT molecular complexity index is 1670. The first-order chi connectivity index (χ1) is 20.5. The van der Waals surface area contributed by atoms with Crippen molar-refractivity contribution in [3.05, 3.63) is 131 Å². The van der Waals surface area contributed by atoms with Crippen molar-refractivity contribution in [2.75, 3.05) is 10.6 Å². The predicted octanol–water partition coefficient (Wildman–Crippen LogP) is 6.91. The fourth-order valence-electron chi connectivity index (χ4n) is 3.67. The van der Waals surface area contributed by atoms with E-state index >= 15 is 0 Å². The maximum absolute atomic E-state index is 14.3.